The number of amides is 1. The fraction of sp³-hybridized carbons (Fsp3) is 0.238. The van der Waals surface area contributed by atoms with E-state index in [4.69, 9.17) is 0 Å². The summed E-state index contributed by atoms with van der Waals surface area (Å²) in [5.41, 5.74) is 3.21. The van der Waals surface area contributed by atoms with Gasteiger partial charge in [-0.2, -0.15) is 0 Å². The predicted octanol–water partition coefficient (Wildman–Crippen LogP) is 3.15. The number of carbonyl (C=O) groups excluding carboxylic acids is 1. The molecule has 1 aliphatic heterocycles. The van der Waals surface area contributed by atoms with Gasteiger partial charge in [-0.25, -0.2) is 9.97 Å². The minimum atomic E-state index is -0.263. The van der Waals surface area contributed by atoms with E-state index in [1.54, 1.807) is 18.5 Å². The molecule has 0 saturated carbocycles. The number of anilines is 3. The van der Waals surface area contributed by atoms with Gasteiger partial charge in [0.1, 0.15) is 5.69 Å². The number of nitrogens with one attached hydrogen (secondary N) is 2. The lowest BCUT2D eigenvalue weighted by Crippen LogP contribution is -2.24. The Labute approximate surface area is 163 Å². The van der Waals surface area contributed by atoms with Gasteiger partial charge in [0.2, 0.25) is 5.95 Å². The van der Waals surface area contributed by atoms with E-state index in [0.29, 0.717) is 18.2 Å². The van der Waals surface area contributed by atoms with E-state index in [1.807, 2.05) is 30.3 Å². The smallest absolute Gasteiger partial charge is 0.270 e. The topological polar surface area (TPSA) is 83.0 Å². The lowest BCUT2D eigenvalue weighted by atomic mass is 10.2. The van der Waals surface area contributed by atoms with Gasteiger partial charge in [0.15, 0.2) is 0 Å². The van der Waals surface area contributed by atoms with Crippen molar-refractivity contribution in [3.05, 3.63) is 72.3 Å². The van der Waals surface area contributed by atoms with Crippen LogP contribution in [0.3, 0.4) is 0 Å². The molecule has 1 fully saturated rings. The van der Waals surface area contributed by atoms with Gasteiger partial charge in [-0.15, -0.1) is 0 Å². The number of aromatic nitrogens is 3. The Balaban J connectivity index is 1.38. The van der Waals surface area contributed by atoms with Gasteiger partial charge in [-0.3, -0.25) is 9.78 Å². The molecule has 2 N–H and O–H groups in total. The van der Waals surface area contributed by atoms with E-state index in [0.717, 1.165) is 24.5 Å². The fourth-order valence-corrected chi connectivity index (χ4v) is 3.17. The first-order valence-electron chi connectivity index (χ1n) is 9.41. The zero-order chi connectivity index (χ0) is 19.2. The molecule has 0 aliphatic carbocycles. The highest BCUT2D eigenvalue weighted by Gasteiger charge is 2.12. The highest BCUT2D eigenvalue weighted by molar-refractivity contribution is 5.92. The highest BCUT2D eigenvalue weighted by Crippen LogP contribution is 2.23. The maximum atomic E-state index is 12.4. The number of hydrogen-bond acceptors (Lipinski definition) is 6. The molecule has 1 saturated heterocycles. The van der Waals surface area contributed by atoms with Gasteiger partial charge in [0.25, 0.3) is 5.91 Å². The molecule has 3 heterocycles. The molecule has 0 bridgehead atoms. The van der Waals surface area contributed by atoms with Crippen LogP contribution in [0.25, 0.3) is 0 Å². The second kappa shape index (κ2) is 8.47. The molecule has 1 amide bonds. The van der Waals surface area contributed by atoms with E-state index >= 15 is 0 Å². The molecule has 4 rings (SSSR count). The number of pyridine rings is 1. The summed E-state index contributed by atoms with van der Waals surface area (Å²) in [6.07, 6.45) is 5.78. The molecule has 7 heteroatoms. The van der Waals surface area contributed by atoms with Crippen molar-refractivity contribution in [3.8, 4) is 0 Å². The van der Waals surface area contributed by atoms with Crippen LogP contribution in [0.15, 0.2) is 60.9 Å². The molecular weight excluding hydrogens is 352 g/mol. The standard InChI is InChI=1S/C21H22N6O/c28-20(24-15-17-5-1-2-11-22-17)19-10-12-23-21(26-19)25-16-6-8-18(9-7-16)27-13-3-4-14-27/h1-2,5-12H,3-4,13-15H2,(H,24,28)(H,23,25,26). The van der Waals surface area contributed by atoms with Crippen LogP contribution in [-0.2, 0) is 6.54 Å². The van der Waals surface area contributed by atoms with Gasteiger partial charge in [-0.1, -0.05) is 6.07 Å². The van der Waals surface area contributed by atoms with Crippen LogP contribution in [0.1, 0.15) is 29.0 Å². The lowest BCUT2D eigenvalue weighted by molar-refractivity contribution is 0.0945. The van der Waals surface area contributed by atoms with Crippen molar-refractivity contribution in [2.75, 3.05) is 23.3 Å². The number of benzene rings is 1. The first kappa shape index (κ1) is 17.9. The Kier molecular flexibility index (Phi) is 5.42. The lowest BCUT2D eigenvalue weighted by Gasteiger charge is -2.17. The maximum absolute atomic E-state index is 12.4. The van der Waals surface area contributed by atoms with E-state index in [-0.39, 0.29) is 5.91 Å². The van der Waals surface area contributed by atoms with Crippen molar-refractivity contribution >= 4 is 23.2 Å². The number of carbonyl (C=O) groups is 1. The van der Waals surface area contributed by atoms with Crippen LogP contribution in [0.5, 0.6) is 0 Å². The summed E-state index contributed by atoms with van der Waals surface area (Å²) in [4.78, 5) is 27.4. The average molecular weight is 374 g/mol. The number of rotatable bonds is 6. The molecule has 0 unspecified atom stereocenters. The third-order valence-corrected chi connectivity index (χ3v) is 4.64. The Morgan fingerprint density at radius 1 is 0.964 bits per heavy atom. The summed E-state index contributed by atoms with van der Waals surface area (Å²) >= 11 is 0. The molecular formula is C21H22N6O. The van der Waals surface area contributed by atoms with Crippen molar-refractivity contribution < 1.29 is 4.79 Å². The average Bonchev–Trinajstić information content (AvgIpc) is 3.28. The molecule has 1 aromatic carbocycles. The third kappa shape index (κ3) is 4.43. The highest BCUT2D eigenvalue weighted by atomic mass is 16.1. The maximum Gasteiger partial charge on any atom is 0.270 e. The number of nitrogens with zero attached hydrogens (tertiary/aromatic N) is 4. The summed E-state index contributed by atoms with van der Waals surface area (Å²) in [5.74, 6) is 0.125. The second-order valence-corrected chi connectivity index (χ2v) is 6.64. The fourth-order valence-electron chi connectivity index (χ4n) is 3.17. The predicted molar refractivity (Wildman–Crippen MR) is 109 cm³/mol. The van der Waals surface area contributed by atoms with E-state index in [1.165, 1.54) is 18.5 Å². The summed E-state index contributed by atoms with van der Waals surface area (Å²) in [6, 6.07) is 15.4. The van der Waals surface area contributed by atoms with Gasteiger partial charge in [0, 0.05) is 36.9 Å². The Morgan fingerprint density at radius 2 is 1.79 bits per heavy atom. The third-order valence-electron chi connectivity index (χ3n) is 4.64. The number of hydrogen-bond donors (Lipinski definition) is 2. The minimum absolute atomic E-state index is 0.263. The molecule has 142 valence electrons. The zero-order valence-corrected chi connectivity index (χ0v) is 15.5. The summed E-state index contributed by atoms with van der Waals surface area (Å²) in [5, 5.41) is 5.98. The second-order valence-electron chi connectivity index (χ2n) is 6.64. The normalized spacial score (nSPS) is 13.4. The van der Waals surface area contributed by atoms with Crippen LogP contribution in [-0.4, -0.2) is 33.9 Å². The van der Waals surface area contributed by atoms with Crippen LogP contribution >= 0.6 is 0 Å². The molecule has 28 heavy (non-hydrogen) atoms. The summed E-state index contributed by atoms with van der Waals surface area (Å²) in [7, 11) is 0. The first-order chi connectivity index (χ1) is 13.8. The molecule has 3 aromatic rings. The van der Waals surface area contributed by atoms with Crippen molar-refractivity contribution in [1.82, 2.24) is 20.3 Å². The minimum Gasteiger partial charge on any atom is -0.372 e. The first-order valence-corrected chi connectivity index (χ1v) is 9.41. The molecule has 0 spiro atoms. The Bertz CT molecular complexity index is 923. The van der Waals surface area contributed by atoms with Gasteiger partial charge in [-0.05, 0) is 55.3 Å². The van der Waals surface area contributed by atoms with Crippen molar-refractivity contribution in [2.45, 2.75) is 19.4 Å². The molecule has 1 aliphatic rings. The molecule has 0 atom stereocenters. The van der Waals surface area contributed by atoms with Gasteiger partial charge >= 0.3 is 0 Å². The van der Waals surface area contributed by atoms with Crippen molar-refractivity contribution in [2.24, 2.45) is 0 Å². The summed E-state index contributed by atoms with van der Waals surface area (Å²) in [6.45, 7) is 2.58. The summed E-state index contributed by atoms with van der Waals surface area (Å²) < 4.78 is 0. The van der Waals surface area contributed by atoms with E-state index < -0.39 is 0 Å². The zero-order valence-electron chi connectivity index (χ0n) is 15.5. The van der Waals surface area contributed by atoms with Gasteiger partial charge < -0.3 is 15.5 Å². The van der Waals surface area contributed by atoms with Crippen molar-refractivity contribution in [3.63, 3.8) is 0 Å². The van der Waals surface area contributed by atoms with Crippen LogP contribution in [0.2, 0.25) is 0 Å². The SMILES string of the molecule is O=C(NCc1ccccn1)c1ccnc(Nc2ccc(N3CCCC3)cc2)n1. The van der Waals surface area contributed by atoms with Gasteiger partial charge in [0.05, 0.1) is 12.2 Å². The van der Waals surface area contributed by atoms with Crippen LogP contribution in [0.4, 0.5) is 17.3 Å². The molecule has 0 radical (unpaired) electrons. The van der Waals surface area contributed by atoms with Crippen LogP contribution in [0, 0.1) is 0 Å². The Hall–Kier alpha value is -3.48. The largest absolute Gasteiger partial charge is 0.372 e. The van der Waals surface area contributed by atoms with E-state index in [2.05, 4.69) is 42.6 Å². The molecule has 2 aromatic heterocycles. The monoisotopic (exact) mass is 374 g/mol. The van der Waals surface area contributed by atoms with Crippen LogP contribution < -0.4 is 15.5 Å². The Morgan fingerprint density at radius 3 is 2.54 bits per heavy atom. The van der Waals surface area contributed by atoms with E-state index in [9.17, 15) is 4.79 Å². The van der Waals surface area contributed by atoms with Crippen molar-refractivity contribution in [1.29, 1.82) is 0 Å². The molecule has 7 nitrogen and oxygen atoms in total. The quantitative estimate of drug-likeness (QED) is 0.690.